The van der Waals surface area contributed by atoms with Crippen LogP contribution in [0.3, 0.4) is 0 Å². The Balaban J connectivity index is 1.55. The van der Waals surface area contributed by atoms with Crippen LogP contribution >= 0.6 is 0 Å². The lowest BCUT2D eigenvalue weighted by Gasteiger charge is -2.49. The largest absolute Gasteiger partial charge is 0.461 e. The summed E-state index contributed by atoms with van der Waals surface area (Å²) in [7, 11) is 0. The molecule has 2 aromatic rings. The summed E-state index contributed by atoms with van der Waals surface area (Å²) >= 11 is 0. The number of carbonyl (C=O) groups excluding carboxylic acids is 5. The standard InChI is InChI=1S/C29H26O10/c1-26(2,3)28-14-18-27(24(34)39-28,15-19(30)35-18)29(28)20(36-21(31)16-10-6-4-7-11-16)23(33)38-25(29)37-22(32)17-12-8-5-9-13-17/h4-13,18,20,25H,14-15H2,1-3H3/t18-,20+,25+,27-,28+,29+/m0/s1. The number of rotatable bonds is 4. The van der Waals surface area contributed by atoms with Crippen molar-refractivity contribution in [2.45, 2.75) is 57.7 Å². The maximum Gasteiger partial charge on any atom is 0.351 e. The number of benzene rings is 2. The molecule has 2 spiro atoms. The van der Waals surface area contributed by atoms with Gasteiger partial charge in [-0.1, -0.05) is 57.2 Å². The zero-order valence-electron chi connectivity index (χ0n) is 21.5. The van der Waals surface area contributed by atoms with Crippen molar-refractivity contribution in [3.05, 3.63) is 71.8 Å². The first-order valence-electron chi connectivity index (χ1n) is 12.6. The van der Waals surface area contributed by atoms with E-state index in [1.807, 2.05) is 0 Å². The predicted octanol–water partition coefficient (Wildman–Crippen LogP) is 2.99. The van der Waals surface area contributed by atoms with Crippen LogP contribution in [0.5, 0.6) is 0 Å². The van der Waals surface area contributed by atoms with Gasteiger partial charge in [0.15, 0.2) is 5.41 Å². The maximum atomic E-state index is 13.8. The van der Waals surface area contributed by atoms with E-state index in [1.165, 1.54) is 24.3 Å². The first-order valence-corrected chi connectivity index (χ1v) is 12.6. The first kappa shape index (κ1) is 25.1. The van der Waals surface area contributed by atoms with Gasteiger partial charge in [-0.3, -0.25) is 9.59 Å². The van der Waals surface area contributed by atoms with E-state index in [1.54, 1.807) is 57.2 Å². The summed E-state index contributed by atoms with van der Waals surface area (Å²) in [6.45, 7) is 5.37. The maximum absolute atomic E-state index is 13.8. The van der Waals surface area contributed by atoms with Gasteiger partial charge in [-0.25, -0.2) is 14.4 Å². The fourth-order valence-electron chi connectivity index (χ4n) is 7.05. The van der Waals surface area contributed by atoms with Gasteiger partial charge in [-0.2, -0.15) is 0 Å². The number of carbonyl (C=O) groups is 5. The molecule has 6 atom stereocenters. The van der Waals surface area contributed by atoms with Crippen molar-refractivity contribution in [1.82, 2.24) is 0 Å². The van der Waals surface area contributed by atoms with Crippen molar-refractivity contribution >= 4 is 29.8 Å². The molecule has 4 fully saturated rings. The van der Waals surface area contributed by atoms with Gasteiger partial charge in [0.2, 0.25) is 6.10 Å². The molecule has 3 heterocycles. The third-order valence-electron chi connectivity index (χ3n) is 8.65. The summed E-state index contributed by atoms with van der Waals surface area (Å²) in [5, 5.41) is 0. The van der Waals surface area contributed by atoms with Crippen molar-refractivity contribution in [2.75, 3.05) is 0 Å². The van der Waals surface area contributed by atoms with Crippen LogP contribution in [0.1, 0.15) is 54.3 Å². The fraction of sp³-hybridized carbons (Fsp3) is 0.414. The Hall–Kier alpha value is -4.21. The molecule has 10 nitrogen and oxygen atoms in total. The Morgan fingerprint density at radius 2 is 1.41 bits per heavy atom. The van der Waals surface area contributed by atoms with Gasteiger partial charge in [0.05, 0.1) is 17.5 Å². The minimum absolute atomic E-state index is 0.00337. The molecule has 202 valence electrons. The molecular weight excluding hydrogens is 508 g/mol. The predicted molar refractivity (Wildman–Crippen MR) is 130 cm³/mol. The van der Waals surface area contributed by atoms with Crippen LogP contribution in [-0.4, -0.2) is 53.9 Å². The smallest absolute Gasteiger partial charge is 0.351 e. The van der Waals surface area contributed by atoms with E-state index in [4.69, 9.17) is 23.7 Å². The van der Waals surface area contributed by atoms with Gasteiger partial charge in [-0.15, -0.1) is 0 Å². The molecule has 0 amide bonds. The highest BCUT2D eigenvalue weighted by molar-refractivity contribution is 5.98. The SMILES string of the molecule is CC(C)(C)[C@@]12C[C@@H]3OC(=O)C[C@]3(C(=O)O1)[C@@]21[C@H](OC(=O)c2ccccc2)OC(=O)[C@H]1OC(=O)c1ccccc1. The minimum Gasteiger partial charge on any atom is -0.461 e. The topological polar surface area (TPSA) is 132 Å². The fourth-order valence-corrected chi connectivity index (χ4v) is 7.05. The molecule has 0 N–H and O–H groups in total. The highest BCUT2D eigenvalue weighted by Gasteiger charge is 2.96. The lowest BCUT2D eigenvalue weighted by atomic mass is 9.53. The third kappa shape index (κ3) is 3.05. The van der Waals surface area contributed by atoms with Gasteiger partial charge in [0.1, 0.15) is 17.1 Å². The second kappa shape index (κ2) is 8.14. The molecule has 2 aromatic carbocycles. The summed E-state index contributed by atoms with van der Waals surface area (Å²) in [6, 6.07) is 16.0. The summed E-state index contributed by atoms with van der Waals surface area (Å²) in [6.07, 6.45) is -4.93. The molecule has 3 aliphatic heterocycles. The van der Waals surface area contributed by atoms with E-state index >= 15 is 0 Å². The minimum atomic E-state index is -1.92. The van der Waals surface area contributed by atoms with Crippen LogP contribution in [0, 0.1) is 16.2 Å². The molecule has 2 bridgehead atoms. The Kier molecular flexibility index (Phi) is 5.24. The van der Waals surface area contributed by atoms with Crippen molar-refractivity contribution in [3.8, 4) is 0 Å². The average molecular weight is 535 g/mol. The Morgan fingerprint density at radius 1 is 0.846 bits per heavy atom. The third-order valence-corrected chi connectivity index (χ3v) is 8.65. The monoisotopic (exact) mass is 534 g/mol. The average Bonchev–Trinajstić information content (AvgIpc) is 3.53. The summed E-state index contributed by atoms with van der Waals surface area (Å²) in [4.78, 5) is 66.7. The molecule has 0 aromatic heterocycles. The van der Waals surface area contributed by atoms with E-state index in [0.29, 0.717) is 0 Å². The second-order valence-corrected chi connectivity index (χ2v) is 11.4. The van der Waals surface area contributed by atoms with Gasteiger partial charge in [-0.05, 0) is 24.3 Å². The normalized spacial score (nSPS) is 34.3. The van der Waals surface area contributed by atoms with Crippen LogP contribution in [0.4, 0.5) is 0 Å². The molecule has 1 saturated carbocycles. The lowest BCUT2D eigenvalue weighted by molar-refractivity contribution is -0.220. The van der Waals surface area contributed by atoms with Gasteiger partial charge < -0.3 is 23.7 Å². The van der Waals surface area contributed by atoms with Crippen molar-refractivity contribution in [3.63, 3.8) is 0 Å². The van der Waals surface area contributed by atoms with Crippen molar-refractivity contribution < 1.29 is 47.7 Å². The first-order chi connectivity index (χ1) is 18.5. The van der Waals surface area contributed by atoms with E-state index in [2.05, 4.69) is 0 Å². The van der Waals surface area contributed by atoms with E-state index < -0.39 is 76.6 Å². The highest BCUT2D eigenvalue weighted by Crippen LogP contribution is 2.78. The van der Waals surface area contributed by atoms with Crippen LogP contribution < -0.4 is 0 Å². The number of ether oxygens (including phenoxy) is 5. The number of cyclic esters (lactones) is 1. The molecule has 0 unspecified atom stereocenters. The second-order valence-electron chi connectivity index (χ2n) is 11.4. The zero-order valence-corrected chi connectivity index (χ0v) is 21.5. The molecule has 39 heavy (non-hydrogen) atoms. The zero-order chi connectivity index (χ0) is 27.8. The summed E-state index contributed by atoms with van der Waals surface area (Å²) in [5.41, 5.74) is -5.88. The molecule has 1 aliphatic carbocycles. The van der Waals surface area contributed by atoms with Gasteiger partial charge in [0.25, 0.3) is 6.29 Å². The molecule has 4 aliphatic rings. The molecule has 6 rings (SSSR count). The molecule has 3 saturated heterocycles. The molecule has 10 heteroatoms. The Bertz CT molecular complexity index is 1400. The molecule has 0 radical (unpaired) electrons. The Labute approximate surface area is 223 Å². The van der Waals surface area contributed by atoms with Gasteiger partial charge in [0, 0.05) is 11.8 Å². The number of esters is 5. The summed E-state index contributed by atoms with van der Waals surface area (Å²) < 4.78 is 29.1. The van der Waals surface area contributed by atoms with E-state index in [0.717, 1.165) is 0 Å². The van der Waals surface area contributed by atoms with E-state index in [9.17, 15) is 24.0 Å². The van der Waals surface area contributed by atoms with Crippen molar-refractivity contribution in [2.24, 2.45) is 16.2 Å². The lowest BCUT2D eigenvalue weighted by Crippen LogP contribution is -2.64. The highest BCUT2D eigenvalue weighted by atomic mass is 16.7. The van der Waals surface area contributed by atoms with Crippen LogP contribution in [0.15, 0.2) is 60.7 Å². The van der Waals surface area contributed by atoms with E-state index in [-0.39, 0.29) is 17.5 Å². The van der Waals surface area contributed by atoms with Crippen LogP contribution in [-0.2, 0) is 38.1 Å². The quantitative estimate of drug-likeness (QED) is 0.426. The van der Waals surface area contributed by atoms with Crippen molar-refractivity contribution in [1.29, 1.82) is 0 Å². The molecular formula is C29H26O10. The number of hydrogen-bond acceptors (Lipinski definition) is 10. The van der Waals surface area contributed by atoms with Crippen LogP contribution in [0.2, 0.25) is 0 Å². The number of hydrogen-bond donors (Lipinski definition) is 0. The Morgan fingerprint density at radius 3 is 1.97 bits per heavy atom. The summed E-state index contributed by atoms with van der Waals surface area (Å²) in [5.74, 6) is -4.17. The van der Waals surface area contributed by atoms with Crippen LogP contribution in [0.25, 0.3) is 0 Å². The van der Waals surface area contributed by atoms with Gasteiger partial charge >= 0.3 is 29.8 Å².